The maximum absolute atomic E-state index is 11.4. The molecule has 1 amide bonds. The van der Waals surface area contributed by atoms with Crippen molar-refractivity contribution in [3.05, 3.63) is 0 Å². The lowest BCUT2D eigenvalue weighted by Gasteiger charge is -2.31. The summed E-state index contributed by atoms with van der Waals surface area (Å²) in [6.07, 6.45) is -0.270. The van der Waals surface area contributed by atoms with Gasteiger partial charge < -0.3 is 10.1 Å². The fraction of sp³-hybridized carbons (Fsp3) is 0.889. The normalized spacial score (nSPS) is 24.3. The van der Waals surface area contributed by atoms with Gasteiger partial charge in [-0.05, 0) is 13.5 Å². The van der Waals surface area contributed by atoms with Gasteiger partial charge in [0.15, 0.2) is 0 Å². The van der Waals surface area contributed by atoms with Crippen LogP contribution >= 0.6 is 0 Å². The Morgan fingerprint density at radius 3 is 3.00 bits per heavy atom. The SMILES string of the molecule is CCNC(=O)C1CN(CC)CCO1. The van der Waals surface area contributed by atoms with Crippen molar-refractivity contribution in [2.45, 2.75) is 20.0 Å². The fourth-order valence-corrected chi connectivity index (χ4v) is 1.44. The summed E-state index contributed by atoms with van der Waals surface area (Å²) in [4.78, 5) is 13.6. The Morgan fingerprint density at radius 2 is 2.38 bits per heavy atom. The lowest BCUT2D eigenvalue weighted by molar-refractivity contribution is -0.138. The van der Waals surface area contributed by atoms with Gasteiger partial charge in [-0.3, -0.25) is 9.69 Å². The van der Waals surface area contributed by atoms with Crippen LogP contribution in [0.15, 0.2) is 0 Å². The van der Waals surface area contributed by atoms with Crippen LogP contribution in [0.25, 0.3) is 0 Å². The molecule has 76 valence electrons. The summed E-state index contributed by atoms with van der Waals surface area (Å²) in [7, 11) is 0. The fourth-order valence-electron chi connectivity index (χ4n) is 1.44. The standard InChI is InChI=1S/C9H18N2O2/c1-3-10-9(12)8-7-11(4-2)5-6-13-8/h8H,3-7H2,1-2H3,(H,10,12). The van der Waals surface area contributed by atoms with E-state index in [1.165, 1.54) is 0 Å². The van der Waals surface area contributed by atoms with Crippen LogP contribution in [0.1, 0.15) is 13.8 Å². The zero-order valence-electron chi connectivity index (χ0n) is 8.38. The van der Waals surface area contributed by atoms with Crippen LogP contribution in [0.4, 0.5) is 0 Å². The lowest BCUT2D eigenvalue weighted by atomic mass is 10.2. The molecule has 1 fully saturated rings. The summed E-state index contributed by atoms with van der Waals surface area (Å²) in [6, 6.07) is 0. The Morgan fingerprint density at radius 1 is 1.62 bits per heavy atom. The average molecular weight is 186 g/mol. The highest BCUT2D eigenvalue weighted by Gasteiger charge is 2.24. The van der Waals surface area contributed by atoms with Crippen molar-refractivity contribution in [1.29, 1.82) is 0 Å². The molecule has 1 heterocycles. The summed E-state index contributed by atoms with van der Waals surface area (Å²) < 4.78 is 5.37. The molecular formula is C9H18N2O2. The van der Waals surface area contributed by atoms with E-state index in [9.17, 15) is 4.79 Å². The molecule has 0 radical (unpaired) electrons. The number of carbonyl (C=O) groups is 1. The molecule has 1 atom stereocenters. The van der Waals surface area contributed by atoms with Crippen LogP contribution in [0, 0.1) is 0 Å². The van der Waals surface area contributed by atoms with E-state index in [0.29, 0.717) is 13.2 Å². The molecule has 0 aliphatic carbocycles. The van der Waals surface area contributed by atoms with E-state index < -0.39 is 0 Å². The molecule has 4 heteroatoms. The predicted octanol–water partition coefficient (Wildman–Crippen LogP) is -0.157. The maximum atomic E-state index is 11.4. The third-order valence-corrected chi connectivity index (χ3v) is 2.24. The van der Waals surface area contributed by atoms with Crippen molar-refractivity contribution < 1.29 is 9.53 Å². The Labute approximate surface area is 79.2 Å². The van der Waals surface area contributed by atoms with Crippen LogP contribution in [0.2, 0.25) is 0 Å². The first-order valence-corrected chi connectivity index (χ1v) is 4.89. The Balaban J connectivity index is 2.37. The number of hydrogen-bond donors (Lipinski definition) is 1. The molecule has 0 bridgehead atoms. The highest BCUT2D eigenvalue weighted by Crippen LogP contribution is 2.04. The smallest absolute Gasteiger partial charge is 0.250 e. The van der Waals surface area contributed by atoms with Crippen LogP contribution in [0.3, 0.4) is 0 Å². The molecule has 1 rings (SSSR count). The zero-order valence-corrected chi connectivity index (χ0v) is 8.38. The third-order valence-electron chi connectivity index (χ3n) is 2.24. The molecule has 0 aromatic rings. The maximum Gasteiger partial charge on any atom is 0.250 e. The molecule has 1 N–H and O–H groups in total. The Kier molecular flexibility index (Phi) is 4.18. The van der Waals surface area contributed by atoms with Crippen LogP contribution in [0.5, 0.6) is 0 Å². The van der Waals surface area contributed by atoms with E-state index >= 15 is 0 Å². The van der Waals surface area contributed by atoms with E-state index in [1.54, 1.807) is 0 Å². The van der Waals surface area contributed by atoms with E-state index in [4.69, 9.17) is 4.74 Å². The van der Waals surface area contributed by atoms with Crippen LogP contribution in [-0.4, -0.2) is 49.7 Å². The summed E-state index contributed by atoms with van der Waals surface area (Å²) in [6.45, 7) is 7.99. The number of nitrogens with zero attached hydrogens (tertiary/aromatic N) is 1. The molecule has 0 aromatic carbocycles. The number of morpholine rings is 1. The number of hydrogen-bond acceptors (Lipinski definition) is 3. The monoisotopic (exact) mass is 186 g/mol. The number of ether oxygens (including phenoxy) is 1. The first-order chi connectivity index (χ1) is 6.27. The van der Waals surface area contributed by atoms with Gasteiger partial charge in [0, 0.05) is 19.6 Å². The second kappa shape index (κ2) is 5.19. The van der Waals surface area contributed by atoms with Gasteiger partial charge in [0.1, 0.15) is 6.10 Å². The summed E-state index contributed by atoms with van der Waals surface area (Å²) >= 11 is 0. The minimum atomic E-state index is -0.270. The molecule has 1 unspecified atom stereocenters. The molecular weight excluding hydrogens is 168 g/mol. The van der Waals surface area contributed by atoms with Crippen molar-refractivity contribution in [3.63, 3.8) is 0 Å². The van der Waals surface area contributed by atoms with Crippen molar-refractivity contribution in [2.24, 2.45) is 0 Å². The van der Waals surface area contributed by atoms with E-state index in [0.717, 1.165) is 19.6 Å². The first kappa shape index (κ1) is 10.5. The molecule has 1 saturated heterocycles. The van der Waals surface area contributed by atoms with Gasteiger partial charge >= 0.3 is 0 Å². The number of nitrogens with one attached hydrogen (secondary N) is 1. The van der Waals surface area contributed by atoms with E-state index in [-0.39, 0.29) is 12.0 Å². The molecule has 13 heavy (non-hydrogen) atoms. The van der Waals surface area contributed by atoms with Gasteiger partial charge in [-0.15, -0.1) is 0 Å². The average Bonchev–Trinajstić information content (AvgIpc) is 2.18. The van der Waals surface area contributed by atoms with Crippen molar-refractivity contribution >= 4 is 5.91 Å². The molecule has 0 aromatic heterocycles. The second-order valence-corrected chi connectivity index (χ2v) is 3.15. The summed E-state index contributed by atoms with van der Waals surface area (Å²) in [5, 5.41) is 2.77. The minimum Gasteiger partial charge on any atom is -0.366 e. The van der Waals surface area contributed by atoms with Crippen molar-refractivity contribution in [2.75, 3.05) is 32.8 Å². The third kappa shape index (κ3) is 2.97. The van der Waals surface area contributed by atoms with Gasteiger partial charge in [-0.2, -0.15) is 0 Å². The topological polar surface area (TPSA) is 41.6 Å². The number of amides is 1. The zero-order chi connectivity index (χ0) is 9.68. The van der Waals surface area contributed by atoms with Crippen LogP contribution in [-0.2, 0) is 9.53 Å². The predicted molar refractivity (Wildman–Crippen MR) is 50.5 cm³/mol. The first-order valence-electron chi connectivity index (χ1n) is 4.89. The van der Waals surface area contributed by atoms with Gasteiger partial charge in [-0.1, -0.05) is 6.92 Å². The minimum absolute atomic E-state index is 0.0145. The number of carbonyl (C=O) groups excluding carboxylic acids is 1. The van der Waals surface area contributed by atoms with Gasteiger partial charge in [0.25, 0.3) is 0 Å². The summed E-state index contributed by atoms with van der Waals surface area (Å²) in [5.74, 6) is 0.0145. The molecule has 4 nitrogen and oxygen atoms in total. The highest BCUT2D eigenvalue weighted by atomic mass is 16.5. The molecule has 0 spiro atoms. The molecule has 1 aliphatic rings. The quantitative estimate of drug-likeness (QED) is 0.666. The van der Waals surface area contributed by atoms with E-state index in [2.05, 4.69) is 17.1 Å². The molecule has 1 aliphatic heterocycles. The largest absolute Gasteiger partial charge is 0.366 e. The Bertz CT molecular complexity index is 173. The molecule has 0 saturated carbocycles. The van der Waals surface area contributed by atoms with Crippen molar-refractivity contribution in [3.8, 4) is 0 Å². The van der Waals surface area contributed by atoms with Crippen molar-refractivity contribution in [1.82, 2.24) is 10.2 Å². The highest BCUT2D eigenvalue weighted by molar-refractivity contribution is 5.81. The van der Waals surface area contributed by atoms with Gasteiger partial charge in [0.2, 0.25) is 5.91 Å². The van der Waals surface area contributed by atoms with Crippen LogP contribution < -0.4 is 5.32 Å². The van der Waals surface area contributed by atoms with E-state index in [1.807, 2.05) is 6.92 Å². The number of rotatable bonds is 3. The number of likely N-dealkylation sites (N-methyl/N-ethyl adjacent to an activating group) is 2. The second-order valence-electron chi connectivity index (χ2n) is 3.15. The summed E-state index contributed by atoms with van der Waals surface area (Å²) in [5.41, 5.74) is 0. The van der Waals surface area contributed by atoms with Gasteiger partial charge in [0.05, 0.1) is 6.61 Å². The van der Waals surface area contributed by atoms with Gasteiger partial charge in [-0.25, -0.2) is 0 Å². The lowest BCUT2D eigenvalue weighted by Crippen LogP contribution is -2.49. The Hall–Kier alpha value is -0.610.